The van der Waals surface area contributed by atoms with Crippen LogP contribution in [0.15, 0.2) is 0 Å². The van der Waals surface area contributed by atoms with Crippen molar-refractivity contribution >= 4 is 15.9 Å². The maximum atomic E-state index is 11.8. The number of carbonyl (C=O) groups excluding carboxylic acids is 1. The van der Waals surface area contributed by atoms with Crippen LogP contribution in [0, 0.1) is 0 Å². The van der Waals surface area contributed by atoms with Gasteiger partial charge in [-0.2, -0.15) is 0 Å². The van der Waals surface area contributed by atoms with E-state index in [1.54, 1.807) is 0 Å². The molecule has 8 heteroatoms. The second kappa shape index (κ2) is 7.78. The van der Waals surface area contributed by atoms with Crippen LogP contribution in [0.5, 0.6) is 0 Å². The van der Waals surface area contributed by atoms with Crippen LogP contribution < -0.4 is 10.0 Å². The Labute approximate surface area is 115 Å². The molecule has 19 heavy (non-hydrogen) atoms. The number of hydrogen-bond donors (Lipinski definition) is 2. The molecule has 0 saturated carbocycles. The number of amides is 1. The third kappa shape index (κ3) is 7.46. The maximum absolute atomic E-state index is 11.8. The van der Waals surface area contributed by atoms with Crippen molar-refractivity contribution in [1.82, 2.24) is 19.8 Å². The Morgan fingerprint density at radius 2 is 1.79 bits per heavy atom. The van der Waals surface area contributed by atoms with Crippen molar-refractivity contribution in [1.29, 1.82) is 0 Å². The van der Waals surface area contributed by atoms with Crippen molar-refractivity contribution in [2.24, 2.45) is 0 Å². The number of nitrogens with one attached hydrogen (secondary N) is 2. The van der Waals surface area contributed by atoms with Gasteiger partial charge in [0.2, 0.25) is 15.9 Å². The molecular formula is C11H24N4O3S. The van der Waals surface area contributed by atoms with Gasteiger partial charge in [0.25, 0.3) is 0 Å². The lowest BCUT2D eigenvalue weighted by molar-refractivity contribution is -0.131. The molecule has 0 unspecified atom stereocenters. The molecular weight excluding hydrogens is 268 g/mol. The molecule has 1 saturated heterocycles. The van der Waals surface area contributed by atoms with Crippen molar-refractivity contribution < 1.29 is 13.2 Å². The normalized spacial score (nSPS) is 17.7. The van der Waals surface area contributed by atoms with Crippen molar-refractivity contribution in [3.63, 3.8) is 0 Å². The van der Waals surface area contributed by atoms with Crippen LogP contribution >= 0.6 is 0 Å². The Kier molecular flexibility index (Phi) is 6.70. The summed E-state index contributed by atoms with van der Waals surface area (Å²) in [6.07, 6.45) is 1.81. The summed E-state index contributed by atoms with van der Waals surface area (Å²) in [5.41, 5.74) is 0. The minimum Gasteiger partial charge on any atom is -0.339 e. The van der Waals surface area contributed by atoms with E-state index in [1.807, 2.05) is 4.90 Å². The van der Waals surface area contributed by atoms with Crippen LogP contribution in [0.4, 0.5) is 0 Å². The Morgan fingerprint density at radius 3 is 2.37 bits per heavy atom. The summed E-state index contributed by atoms with van der Waals surface area (Å²) < 4.78 is 24.0. The number of likely N-dealkylation sites (N-methyl/N-ethyl adjacent to an activating group) is 1. The number of hydrogen-bond acceptors (Lipinski definition) is 5. The summed E-state index contributed by atoms with van der Waals surface area (Å²) in [7, 11) is -1.06. The Bertz CT molecular complexity index is 377. The third-order valence-corrected chi connectivity index (χ3v) is 3.76. The standard InChI is InChI=1S/C11H24N4O3S/c1-14-6-8-15(9-7-14)11(16)10-12-4-3-5-13-19(2,17)18/h12-13H,3-10H2,1-2H3. The molecule has 0 spiro atoms. The molecule has 112 valence electrons. The minimum atomic E-state index is -3.11. The summed E-state index contributed by atoms with van der Waals surface area (Å²) in [5, 5.41) is 3.04. The molecule has 1 amide bonds. The minimum absolute atomic E-state index is 0.115. The van der Waals surface area contributed by atoms with Gasteiger partial charge < -0.3 is 15.1 Å². The van der Waals surface area contributed by atoms with E-state index in [0.29, 0.717) is 26.1 Å². The van der Waals surface area contributed by atoms with E-state index in [-0.39, 0.29) is 5.91 Å². The van der Waals surface area contributed by atoms with E-state index in [0.717, 1.165) is 32.4 Å². The van der Waals surface area contributed by atoms with Gasteiger partial charge in [-0.3, -0.25) is 4.79 Å². The number of piperazine rings is 1. The van der Waals surface area contributed by atoms with Gasteiger partial charge in [0.1, 0.15) is 0 Å². The molecule has 0 aliphatic carbocycles. The molecule has 1 fully saturated rings. The topological polar surface area (TPSA) is 81.8 Å². The first-order valence-electron chi connectivity index (χ1n) is 6.50. The first-order valence-corrected chi connectivity index (χ1v) is 8.39. The molecule has 1 rings (SSSR count). The fourth-order valence-corrected chi connectivity index (χ4v) is 2.35. The zero-order valence-electron chi connectivity index (χ0n) is 11.7. The van der Waals surface area contributed by atoms with Crippen molar-refractivity contribution in [3.05, 3.63) is 0 Å². The van der Waals surface area contributed by atoms with E-state index >= 15 is 0 Å². The van der Waals surface area contributed by atoms with Crippen LogP contribution in [-0.2, 0) is 14.8 Å². The molecule has 1 heterocycles. The highest BCUT2D eigenvalue weighted by atomic mass is 32.2. The molecule has 0 aromatic rings. The van der Waals surface area contributed by atoms with E-state index in [4.69, 9.17) is 0 Å². The molecule has 0 bridgehead atoms. The highest BCUT2D eigenvalue weighted by Gasteiger charge is 2.18. The van der Waals surface area contributed by atoms with Crippen molar-refractivity contribution in [3.8, 4) is 0 Å². The van der Waals surface area contributed by atoms with Crippen molar-refractivity contribution in [2.45, 2.75) is 6.42 Å². The predicted octanol–water partition coefficient (Wildman–Crippen LogP) is -1.71. The summed E-state index contributed by atoms with van der Waals surface area (Å²) in [6.45, 7) is 4.76. The fourth-order valence-electron chi connectivity index (χ4n) is 1.83. The lowest BCUT2D eigenvalue weighted by Crippen LogP contribution is -2.49. The monoisotopic (exact) mass is 292 g/mol. The molecule has 7 nitrogen and oxygen atoms in total. The van der Waals surface area contributed by atoms with Gasteiger partial charge in [-0.25, -0.2) is 13.1 Å². The lowest BCUT2D eigenvalue weighted by atomic mass is 10.3. The van der Waals surface area contributed by atoms with E-state index in [1.165, 1.54) is 0 Å². The third-order valence-electron chi connectivity index (χ3n) is 3.03. The summed E-state index contributed by atoms with van der Waals surface area (Å²) in [5.74, 6) is 0.115. The smallest absolute Gasteiger partial charge is 0.236 e. The first-order chi connectivity index (χ1) is 8.88. The van der Waals surface area contributed by atoms with Gasteiger partial charge >= 0.3 is 0 Å². The highest BCUT2D eigenvalue weighted by Crippen LogP contribution is 1.98. The number of sulfonamides is 1. The second-order valence-corrected chi connectivity index (χ2v) is 6.71. The number of carbonyl (C=O) groups is 1. The van der Waals surface area contributed by atoms with Gasteiger partial charge in [0.15, 0.2) is 0 Å². The summed E-state index contributed by atoms with van der Waals surface area (Å²) >= 11 is 0. The van der Waals surface area contributed by atoms with Crippen LogP contribution in [0.25, 0.3) is 0 Å². The zero-order chi connectivity index (χ0) is 14.3. The first kappa shape index (κ1) is 16.4. The maximum Gasteiger partial charge on any atom is 0.236 e. The number of rotatable bonds is 7. The van der Waals surface area contributed by atoms with Gasteiger partial charge in [-0.1, -0.05) is 0 Å². The highest BCUT2D eigenvalue weighted by molar-refractivity contribution is 7.88. The van der Waals surface area contributed by atoms with Crippen LogP contribution in [-0.4, -0.2) is 83.2 Å². The largest absolute Gasteiger partial charge is 0.339 e. The zero-order valence-corrected chi connectivity index (χ0v) is 12.5. The molecule has 1 aliphatic rings. The average Bonchev–Trinajstić information content (AvgIpc) is 2.33. The summed E-state index contributed by atoms with van der Waals surface area (Å²) in [4.78, 5) is 15.9. The van der Waals surface area contributed by atoms with Crippen LogP contribution in [0.2, 0.25) is 0 Å². The number of nitrogens with zero attached hydrogens (tertiary/aromatic N) is 2. The second-order valence-electron chi connectivity index (χ2n) is 4.88. The Morgan fingerprint density at radius 1 is 1.16 bits per heavy atom. The Balaban J connectivity index is 2.04. The average molecular weight is 292 g/mol. The fraction of sp³-hybridized carbons (Fsp3) is 0.909. The molecule has 0 aromatic heterocycles. The SMILES string of the molecule is CN1CCN(C(=O)CNCCCNS(C)(=O)=O)CC1. The van der Waals surface area contributed by atoms with Crippen molar-refractivity contribution in [2.75, 3.05) is 59.1 Å². The van der Waals surface area contributed by atoms with Crippen LogP contribution in [0.3, 0.4) is 0 Å². The molecule has 0 atom stereocenters. The van der Waals surface area contributed by atoms with E-state index < -0.39 is 10.0 Å². The quantitative estimate of drug-likeness (QED) is 0.546. The Hall–Kier alpha value is -0.700. The van der Waals surface area contributed by atoms with Gasteiger partial charge in [0, 0.05) is 32.7 Å². The molecule has 2 N–H and O–H groups in total. The van der Waals surface area contributed by atoms with E-state index in [9.17, 15) is 13.2 Å². The van der Waals surface area contributed by atoms with Gasteiger partial charge in [-0.05, 0) is 20.0 Å². The van der Waals surface area contributed by atoms with E-state index in [2.05, 4.69) is 22.0 Å². The summed E-state index contributed by atoms with van der Waals surface area (Å²) in [6, 6.07) is 0. The molecule has 0 aromatic carbocycles. The van der Waals surface area contributed by atoms with Crippen LogP contribution in [0.1, 0.15) is 6.42 Å². The van der Waals surface area contributed by atoms with Gasteiger partial charge in [-0.15, -0.1) is 0 Å². The van der Waals surface area contributed by atoms with Gasteiger partial charge in [0.05, 0.1) is 12.8 Å². The molecule has 1 aliphatic heterocycles. The predicted molar refractivity (Wildman–Crippen MR) is 74.4 cm³/mol. The lowest BCUT2D eigenvalue weighted by Gasteiger charge is -2.32. The molecule has 0 radical (unpaired) electrons.